The molecule has 3 aromatic rings. The van der Waals surface area contributed by atoms with Crippen molar-refractivity contribution in [3.63, 3.8) is 0 Å². The van der Waals surface area contributed by atoms with E-state index in [1.54, 1.807) is 36.4 Å². The monoisotopic (exact) mass is 430 g/mol. The number of aromatic nitrogens is 1. The Morgan fingerprint density at radius 2 is 1.70 bits per heavy atom. The highest BCUT2D eigenvalue weighted by molar-refractivity contribution is 7.90. The van der Waals surface area contributed by atoms with E-state index >= 15 is 0 Å². The lowest BCUT2D eigenvalue weighted by atomic mass is 10.0. The Balaban J connectivity index is 2.10. The van der Waals surface area contributed by atoms with Crippen molar-refractivity contribution in [1.29, 1.82) is 0 Å². The minimum Gasteiger partial charge on any atom is -0.396 e. The molecular formula is C23H27FN2O3S. The minimum absolute atomic E-state index is 0.139. The van der Waals surface area contributed by atoms with Crippen LogP contribution in [-0.4, -0.2) is 31.0 Å². The van der Waals surface area contributed by atoms with Gasteiger partial charge in [-0.3, -0.25) is 0 Å². The molecule has 1 heterocycles. The first-order valence-corrected chi connectivity index (χ1v) is 11.8. The molecule has 30 heavy (non-hydrogen) atoms. The molecule has 3 rings (SSSR count). The van der Waals surface area contributed by atoms with Crippen LogP contribution in [0.2, 0.25) is 0 Å². The van der Waals surface area contributed by atoms with Gasteiger partial charge in [-0.25, -0.2) is 12.8 Å². The summed E-state index contributed by atoms with van der Waals surface area (Å²) in [5.41, 5.74) is 10.8. The molecule has 160 valence electrons. The fourth-order valence-corrected chi connectivity index (χ4v) is 4.27. The van der Waals surface area contributed by atoms with E-state index < -0.39 is 9.84 Å². The van der Waals surface area contributed by atoms with Gasteiger partial charge in [0.1, 0.15) is 5.82 Å². The molecule has 0 fully saturated rings. The molecule has 7 heteroatoms. The summed E-state index contributed by atoms with van der Waals surface area (Å²) in [5, 5.41) is 9.03. The molecule has 0 unspecified atom stereocenters. The van der Waals surface area contributed by atoms with E-state index in [0.717, 1.165) is 41.0 Å². The maximum atomic E-state index is 13.5. The second kappa shape index (κ2) is 9.12. The maximum Gasteiger partial charge on any atom is 0.175 e. The molecule has 0 saturated heterocycles. The quantitative estimate of drug-likeness (QED) is 0.526. The number of nitrogens with zero attached hydrogens (tertiary/aromatic N) is 1. The van der Waals surface area contributed by atoms with Gasteiger partial charge in [0, 0.05) is 30.3 Å². The Kier molecular flexibility index (Phi) is 6.75. The van der Waals surface area contributed by atoms with E-state index in [1.807, 2.05) is 17.6 Å². The first kappa shape index (κ1) is 22.2. The largest absolute Gasteiger partial charge is 0.396 e. The van der Waals surface area contributed by atoms with Gasteiger partial charge in [0.15, 0.2) is 9.84 Å². The Labute approximate surface area is 176 Å². The van der Waals surface area contributed by atoms with Crippen molar-refractivity contribution in [3.05, 3.63) is 71.7 Å². The van der Waals surface area contributed by atoms with Gasteiger partial charge >= 0.3 is 0 Å². The second-order valence-electron chi connectivity index (χ2n) is 7.50. The predicted octanol–water partition coefficient (Wildman–Crippen LogP) is 4.16. The molecule has 0 saturated carbocycles. The van der Waals surface area contributed by atoms with Crippen LogP contribution in [-0.2, 0) is 9.84 Å². The van der Waals surface area contributed by atoms with Gasteiger partial charge in [-0.2, -0.15) is 0 Å². The van der Waals surface area contributed by atoms with Crippen molar-refractivity contribution >= 4 is 9.84 Å². The summed E-state index contributed by atoms with van der Waals surface area (Å²) >= 11 is 0. The third-order valence-corrected chi connectivity index (χ3v) is 6.40. The number of aliphatic hydroxyl groups is 1. The molecule has 3 N–H and O–H groups in total. The summed E-state index contributed by atoms with van der Waals surface area (Å²) in [7, 11) is -3.29. The van der Waals surface area contributed by atoms with E-state index in [2.05, 4.69) is 0 Å². The number of unbranched alkanes of at least 4 members (excludes halogenated alkanes) is 1. The Hall–Kier alpha value is -2.48. The van der Waals surface area contributed by atoms with Crippen LogP contribution < -0.4 is 5.73 Å². The molecule has 1 aromatic heterocycles. The van der Waals surface area contributed by atoms with Crippen LogP contribution in [0.1, 0.15) is 36.6 Å². The number of halogens is 1. The predicted molar refractivity (Wildman–Crippen MR) is 117 cm³/mol. The van der Waals surface area contributed by atoms with Crippen molar-refractivity contribution in [2.75, 3.05) is 12.9 Å². The number of hydrogen-bond acceptors (Lipinski definition) is 4. The maximum absolute atomic E-state index is 13.5. The SMILES string of the molecule is Cc1c([C@H](N)CCCCO)cc(-c2ccc(S(C)(=O)=O)cc2)n1-c1ccc(F)cc1. The summed E-state index contributed by atoms with van der Waals surface area (Å²) in [5.74, 6) is -0.316. The lowest BCUT2D eigenvalue weighted by Crippen LogP contribution is -2.11. The summed E-state index contributed by atoms with van der Waals surface area (Å²) in [6, 6.07) is 14.8. The third-order valence-electron chi connectivity index (χ3n) is 5.27. The van der Waals surface area contributed by atoms with E-state index in [0.29, 0.717) is 6.42 Å². The van der Waals surface area contributed by atoms with Crippen LogP contribution in [0.3, 0.4) is 0 Å². The molecular weight excluding hydrogens is 403 g/mol. The molecule has 0 amide bonds. The van der Waals surface area contributed by atoms with Crippen molar-refractivity contribution in [1.82, 2.24) is 4.57 Å². The summed E-state index contributed by atoms with van der Waals surface area (Å²) in [4.78, 5) is 0.254. The fourth-order valence-electron chi connectivity index (χ4n) is 3.64. The molecule has 0 bridgehead atoms. The van der Waals surface area contributed by atoms with Crippen molar-refractivity contribution in [2.45, 2.75) is 37.1 Å². The summed E-state index contributed by atoms with van der Waals surface area (Å²) in [6.45, 7) is 2.11. The first-order valence-electron chi connectivity index (χ1n) is 9.87. The Morgan fingerprint density at radius 3 is 2.27 bits per heavy atom. The highest BCUT2D eigenvalue weighted by Crippen LogP contribution is 2.33. The Bertz CT molecular complexity index is 1100. The zero-order valence-electron chi connectivity index (χ0n) is 17.2. The first-order chi connectivity index (χ1) is 14.2. The average molecular weight is 431 g/mol. The molecule has 1 atom stereocenters. The number of hydrogen-bond donors (Lipinski definition) is 2. The van der Waals surface area contributed by atoms with Gasteiger partial charge in [0.25, 0.3) is 0 Å². The highest BCUT2D eigenvalue weighted by atomic mass is 32.2. The van der Waals surface area contributed by atoms with Gasteiger partial charge in [0.2, 0.25) is 0 Å². The van der Waals surface area contributed by atoms with Crippen LogP contribution in [0.4, 0.5) is 4.39 Å². The number of rotatable bonds is 8. The topological polar surface area (TPSA) is 85.3 Å². The van der Waals surface area contributed by atoms with E-state index in [9.17, 15) is 12.8 Å². The van der Waals surface area contributed by atoms with Gasteiger partial charge in [-0.15, -0.1) is 0 Å². The molecule has 0 aliphatic heterocycles. The molecule has 0 radical (unpaired) electrons. The second-order valence-corrected chi connectivity index (χ2v) is 9.52. The van der Waals surface area contributed by atoms with Crippen molar-refractivity contribution in [3.8, 4) is 16.9 Å². The molecule has 2 aromatic carbocycles. The van der Waals surface area contributed by atoms with E-state index in [-0.39, 0.29) is 23.4 Å². The van der Waals surface area contributed by atoms with E-state index in [1.165, 1.54) is 18.4 Å². The number of nitrogens with two attached hydrogens (primary N) is 1. The number of sulfone groups is 1. The normalized spacial score (nSPS) is 12.8. The van der Waals surface area contributed by atoms with Crippen LogP contribution in [0.15, 0.2) is 59.5 Å². The molecule has 0 aliphatic rings. The summed E-state index contributed by atoms with van der Waals surface area (Å²) in [6.07, 6.45) is 3.43. The van der Waals surface area contributed by atoms with Crippen molar-refractivity contribution < 1.29 is 17.9 Å². The zero-order valence-corrected chi connectivity index (χ0v) is 18.0. The van der Waals surface area contributed by atoms with E-state index in [4.69, 9.17) is 10.8 Å². The molecule has 0 spiro atoms. The lowest BCUT2D eigenvalue weighted by molar-refractivity contribution is 0.281. The highest BCUT2D eigenvalue weighted by Gasteiger charge is 2.19. The minimum atomic E-state index is -3.29. The standard InChI is InChI=1S/C23H27FN2O3S/c1-16-21(22(25)5-3-4-14-27)15-23(26(16)19-10-8-18(24)9-11-19)17-6-12-20(13-7-17)30(2,28)29/h6-13,15,22,27H,3-5,14,25H2,1-2H3/t22-/m1/s1. The molecule has 0 aliphatic carbocycles. The van der Waals surface area contributed by atoms with Crippen LogP contribution in [0, 0.1) is 12.7 Å². The smallest absolute Gasteiger partial charge is 0.175 e. The average Bonchev–Trinajstić information content (AvgIpc) is 3.05. The van der Waals surface area contributed by atoms with Crippen molar-refractivity contribution in [2.24, 2.45) is 5.73 Å². The van der Waals surface area contributed by atoms with Gasteiger partial charge in [0.05, 0.1) is 10.6 Å². The summed E-state index contributed by atoms with van der Waals surface area (Å²) < 4.78 is 39.1. The van der Waals surface area contributed by atoms with Gasteiger partial charge < -0.3 is 15.4 Å². The molecule has 5 nitrogen and oxygen atoms in total. The van der Waals surface area contributed by atoms with Gasteiger partial charge in [-0.1, -0.05) is 12.1 Å². The Morgan fingerprint density at radius 1 is 1.07 bits per heavy atom. The number of aliphatic hydroxyl groups excluding tert-OH is 1. The fraction of sp³-hybridized carbons (Fsp3) is 0.304. The lowest BCUT2D eigenvalue weighted by Gasteiger charge is -2.14. The third kappa shape index (κ3) is 4.80. The van der Waals surface area contributed by atoms with Crippen LogP contribution in [0.25, 0.3) is 16.9 Å². The van der Waals surface area contributed by atoms with Crippen LogP contribution >= 0.6 is 0 Å². The van der Waals surface area contributed by atoms with Gasteiger partial charge in [-0.05, 0) is 79.8 Å². The zero-order chi connectivity index (χ0) is 21.9. The number of benzene rings is 2. The van der Waals surface area contributed by atoms with Crippen LogP contribution in [0.5, 0.6) is 0 Å².